The van der Waals surface area contributed by atoms with Gasteiger partial charge in [0.1, 0.15) is 0 Å². The van der Waals surface area contributed by atoms with Gasteiger partial charge in [-0.3, -0.25) is 9.69 Å². The molecule has 1 saturated heterocycles. The van der Waals surface area contributed by atoms with E-state index < -0.39 is 0 Å². The number of hydrogen-bond donors (Lipinski definition) is 1. The minimum atomic E-state index is -0.0675. The fourth-order valence-corrected chi connectivity index (χ4v) is 3.81. The van der Waals surface area contributed by atoms with Crippen LogP contribution in [0.4, 0.5) is 0 Å². The number of amides is 1. The molecule has 1 N–H and O–H groups in total. The normalized spacial score (nSPS) is 15.1. The number of carbonyl (C=O) groups excluding carboxylic acids is 1. The van der Waals surface area contributed by atoms with Crippen LogP contribution in [0.2, 0.25) is 0 Å². The highest BCUT2D eigenvalue weighted by atomic mass is 16.4. The molecular weight excluding hydrogens is 376 g/mol. The largest absolute Gasteiger partial charge is 0.416 e. The van der Waals surface area contributed by atoms with Crippen LogP contribution in [-0.4, -0.2) is 46.2 Å². The van der Waals surface area contributed by atoms with Gasteiger partial charge in [0, 0.05) is 28.8 Å². The predicted molar refractivity (Wildman–Crippen MR) is 117 cm³/mol. The average Bonchev–Trinajstić information content (AvgIpc) is 3.29. The van der Waals surface area contributed by atoms with Crippen molar-refractivity contribution in [2.24, 2.45) is 0 Å². The van der Waals surface area contributed by atoms with Gasteiger partial charge in [0.2, 0.25) is 11.8 Å². The molecule has 1 aromatic heterocycles. The lowest BCUT2D eigenvalue weighted by Gasteiger charge is -2.41. The monoisotopic (exact) mass is 404 g/mol. The van der Waals surface area contributed by atoms with Crippen molar-refractivity contribution in [3.05, 3.63) is 60.2 Å². The van der Waals surface area contributed by atoms with Crippen LogP contribution >= 0.6 is 0 Å². The number of benzene rings is 2. The molecule has 0 aliphatic carbocycles. The van der Waals surface area contributed by atoms with Gasteiger partial charge in [-0.1, -0.05) is 24.6 Å². The van der Waals surface area contributed by atoms with E-state index in [2.05, 4.69) is 34.3 Å². The van der Waals surface area contributed by atoms with Crippen LogP contribution in [0.3, 0.4) is 0 Å². The lowest BCUT2D eigenvalue weighted by Crippen LogP contribution is -2.53. The number of piperidine rings is 1. The van der Waals surface area contributed by atoms with E-state index in [4.69, 9.17) is 4.42 Å². The second-order valence-electron chi connectivity index (χ2n) is 8.40. The lowest BCUT2D eigenvalue weighted by molar-refractivity contribution is 0.0797. The van der Waals surface area contributed by atoms with E-state index in [1.54, 1.807) is 12.1 Å². The SMILES string of the molecule is CC(C)(CNC(=O)c1ccc(-c2nnc(-c3ccccc3)o2)cc1)N1CCCCC1. The summed E-state index contributed by atoms with van der Waals surface area (Å²) in [7, 11) is 0. The van der Waals surface area contributed by atoms with Crippen LogP contribution in [0.25, 0.3) is 22.9 Å². The van der Waals surface area contributed by atoms with Crippen LogP contribution in [-0.2, 0) is 0 Å². The van der Waals surface area contributed by atoms with Crippen molar-refractivity contribution in [3.63, 3.8) is 0 Å². The van der Waals surface area contributed by atoms with Crippen molar-refractivity contribution in [1.29, 1.82) is 0 Å². The molecule has 0 unspecified atom stereocenters. The molecule has 0 spiro atoms. The molecule has 1 aliphatic rings. The third-order valence-electron chi connectivity index (χ3n) is 5.73. The molecule has 3 aromatic rings. The first-order valence-corrected chi connectivity index (χ1v) is 10.6. The number of rotatable bonds is 6. The summed E-state index contributed by atoms with van der Waals surface area (Å²) in [5.74, 6) is 0.849. The topological polar surface area (TPSA) is 71.3 Å². The minimum Gasteiger partial charge on any atom is -0.416 e. The fourth-order valence-electron chi connectivity index (χ4n) is 3.81. The minimum absolute atomic E-state index is 0.0480. The summed E-state index contributed by atoms with van der Waals surface area (Å²) in [6.45, 7) is 7.22. The van der Waals surface area contributed by atoms with Gasteiger partial charge in [0.25, 0.3) is 5.91 Å². The third kappa shape index (κ3) is 4.60. The second kappa shape index (κ2) is 8.79. The number of carbonyl (C=O) groups is 1. The van der Waals surface area contributed by atoms with E-state index in [0.717, 1.165) is 24.2 Å². The average molecular weight is 405 g/mol. The quantitative estimate of drug-likeness (QED) is 0.659. The lowest BCUT2D eigenvalue weighted by atomic mass is 9.98. The number of hydrogen-bond acceptors (Lipinski definition) is 5. The molecule has 2 heterocycles. The molecule has 1 amide bonds. The highest BCUT2D eigenvalue weighted by Gasteiger charge is 2.28. The first kappa shape index (κ1) is 20.3. The first-order valence-electron chi connectivity index (χ1n) is 10.6. The van der Waals surface area contributed by atoms with E-state index in [-0.39, 0.29) is 11.4 Å². The number of likely N-dealkylation sites (tertiary alicyclic amines) is 1. The number of nitrogens with one attached hydrogen (secondary N) is 1. The summed E-state index contributed by atoms with van der Waals surface area (Å²) >= 11 is 0. The zero-order valence-corrected chi connectivity index (χ0v) is 17.6. The Kier molecular flexibility index (Phi) is 5.95. The van der Waals surface area contributed by atoms with E-state index in [1.807, 2.05) is 42.5 Å². The second-order valence-corrected chi connectivity index (χ2v) is 8.40. The molecule has 4 rings (SSSR count). The maximum atomic E-state index is 12.6. The number of nitrogens with zero attached hydrogens (tertiary/aromatic N) is 3. The van der Waals surface area contributed by atoms with Crippen molar-refractivity contribution in [1.82, 2.24) is 20.4 Å². The highest BCUT2D eigenvalue weighted by Crippen LogP contribution is 2.24. The maximum absolute atomic E-state index is 12.6. The summed E-state index contributed by atoms with van der Waals surface area (Å²) in [5, 5.41) is 11.3. The molecule has 6 nitrogen and oxygen atoms in total. The molecule has 1 aliphatic heterocycles. The molecule has 0 bridgehead atoms. The highest BCUT2D eigenvalue weighted by molar-refractivity contribution is 5.94. The van der Waals surface area contributed by atoms with Crippen LogP contribution < -0.4 is 5.32 Å². The predicted octanol–water partition coefficient (Wildman–Crippen LogP) is 4.40. The van der Waals surface area contributed by atoms with Gasteiger partial charge in [-0.15, -0.1) is 10.2 Å². The summed E-state index contributed by atoms with van der Waals surface area (Å²) < 4.78 is 5.79. The van der Waals surface area contributed by atoms with Crippen LogP contribution in [0.5, 0.6) is 0 Å². The van der Waals surface area contributed by atoms with Crippen molar-refractivity contribution in [2.75, 3.05) is 19.6 Å². The summed E-state index contributed by atoms with van der Waals surface area (Å²) in [6, 6.07) is 16.9. The maximum Gasteiger partial charge on any atom is 0.251 e. The summed E-state index contributed by atoms with van der Waals surface area (Å²) in [5.41, 5.74) is 2.24. The van der Waals surface area contributed by atoms with Crippen LogP contribution in [0.15, 0.2) is 59.0 Å². The molecule has 2 aromatic carbocycles. The van der Waals surface area contributed by atoms with E-state index in [0.29, 0.717) is 23.9 Å². The smallest absolute Gasteiger partial charge is 0.251 e. The summed E-state index contributed by atoms with van der Waals surface area (Å²) in [4.78, 5) is 15.1. The Morgan fingerprint density at radius 2 is 1.53 bits per heavy atom. The Bertz CT molecular complexity index is 974. The zero-order chi connectivity index (χ0) is 21.0. The fraction of sp³-hybridized carbons (Fsp3) is 0.375. The van der Waals surface area contributed by atoms with Crippen LogP contribution in [0.1, 0.15) is 43.5 Å². The Morgan fingerprint density at radius 3 is 2.17 bits per heavy atom. The van der Waals surface area contributed by atoms with Gasteiger partial charge in [-0.25, -0.2) is 0 Å². The Balaban J connectivity index is 1.38. The van der Waals surface area contributed by atoms with E-state index >= 15 is 0 Å². The standard InChI is InChI=1S/C24H28N4O2/c1-24(2,28-15-7-4-8-16-28)17-25-21(29)18-11-13-20(14-12-18)23-27-26-22(30-23)19-9-5-3-6-10-19/h3,5-6,9-14H,4,7-8,15-17H2,1-2H3,(H,25,29). The van der Waals surface area contributed by atoms with Gasteiger partial charge >= 0.3 is 0 Å². The van der Waals surface area contributed by atoms with E-state index in [9.17, 15) is 4.79 Å². The zero-order valence-electron chi connectivity index (χ0n) is 17.6. The molecule has 6 heteroatoms. The molecule has 0 radical (unpaired) electrons. The van der Waals surface area contributed by atoms with E-state index in [1.165, 1.54) is 19.3 Å². The molecule has 30 heavy (non-hydrogen) atoms. The van der Waals surface area contributed by atoms with Gasteiger partial charge in [0.15, 0.2) is 0 Å². The Morgan fingerprint density at radius 1 is 0.933 bits per heavy atom. The van der Waals surface area contributed by atoms with Crippen LogP contribution in [0, 0.1) is 0 Å². The van der Waals surface area contributed by atoms with Gasteiger partial charge in [-0.05, 0) is 76.2 Å². The summed E-state index contributed by atoms with van der Waals surface area (Å²) in [6.07, 6.45) is 3.78. The number of aromatic nitrogens is 2. The third-order valence-corrected chi connectivity index (χ3v) is 5.73. The van der Waals surface area contributed by atoms with Crippen molar-refractivity contribution >= 4 is 5.91 Å². The van der Waals surface area contributed by atoms with Crippen molar-refractivity contribution < 1.29 is 9.21 Å². The molecule has 1 fully saturated rings. The van der Waals surface area contributed by atoms with Gasteiger partial charge in [-0.2, -0.15) is 0 Å². The van der Waals surface area contributed by atoms with Gasteiger partial charge < -0.3 is 9.73 Å². The molecule has 156 valence electrons. The molecular formula is C24H28N4O2. The van der Waals surface area contributed by atoms with Crippen molar-refractivity contribution in [3.8, 4) is 22.9 Å². The Hall–Kier alpha value is -2.99. The molecule has 0 atom stereocenters. The van der Waals surface area contributed by atoms with Crippen molar-refractivity contribution in [2.45, 2.75) is 38.6 Å². The first-order chi connectivity index (χ1) is 14.5. The molecule has 0 saturated carbocycles. The Labute approximate surface area is 177 Å². The van der Waals surface area contributed by atoms with Gasteiger partial charge in [0.05, 0.1) is 0 Å².